The van der Waals surface area contributed by atoms with E-state index in [9.17, 15) is 8.78 Å². The second-order valence-electron chi connectivity index (χ2n) is 7.40. The van der Waals surface area contributed by atoms with Crippen LogP contribution in [0.2, 0.25) is 0 Å². The Balaban J connectivity index is 1.49. The Morgan fingerprint density at radius 3 is 2.73 bits per heavy atom. The molecule has 26 heavy (non-hydrogen) atoms. The normalized spacial score (nSPS) is 25.7. The van der Waals surface area contributed by atoms with Gasteiger partial charge in [-0.05, 0) is 38.0 Å². The van der Waals surface area contributed by atoms with Crippen LogP contribution in [-0.2, 0) is 11.2 Å². The molecule has 1 aromatic heterocycles. The highest BCUT2D eigenvalue weighted by molar-refractivity contribution is 5.82. The van der Waals surface area contributed by atoms with E-state index in [2.05, 4.69) is 28.4 Å². The summed E-state index contributed by atoms with van der Waals surface area (Å²) in [6.45, 7) is 5.06. The molecule has 4 rings (SSSR count). The average molecular weight is 361 g/mol. The van der Waals surface area contributed by atoms with Gasteiger partial charge in [-0.25, -0.2) is 8.78 Å². The van der Waals surface area contributed by atoms with Crippen molar-refractivity contribution in [2.24, 2.45) is 0 Å². The summed E-state index contributed by atoms with van der Waals surface area (Å²) in [6.07, 6.45) is 0.877. The summed E-state index contributed by atoms with van der Waals surface area (Å²) in [5.41, 5.74) is 2.93. The lowest BCUT2D eigenvalue weighted by molar-refractivity contribution is -0.0141. The first-order valence-electron chi connectivity index (χ1n) is 9.37. The minimum Gasteiger partial charge on any atom is -0.378 e. The van der Waals surface area contributed by atoms with E-state index < -0.39 is 12.0 Å². The van der Waals surface area contributed by atoms with Gasteiger partial charge in [0.25, 0.3) is 5.92 Å². The molecule has 2 atom stereocenters. The van der Waals surface area contributed by atoms with Gasteiger partial charge in [0.15, 0.2) is 0 Å². The highest BCUT2D eigenvalue weighted by Crippen LogP contribution is 2.33. The fraction of sp³-hybridized carbons (Fsp3) is 0.550. The molecule has 1 aromatic carbocycles. The van der Waals surface area contributed by atoms with Gasteiger partial charge < -0.3 is 15.0 Å². The molecule has 2 aliphatic rings. The molecule has 2 fully saturated rings. The monoisotopic (exact) mass is 361 g/mol. The number of halogens is 2. The number of aromatic nitrogens is 1. The van der Waals surface area contributed by atoms with E-state index in [1.165, 1.54) is 0 Å². The smallest absolute Gasteiger partial charge is 0.264 e. The molecular weight excluding hydrogens is 336 g/mol. The second kappa shape index (κ2) is 7.08. The van der Waals surface area contributed by atoms with Crippen molar-refractivity contribution in [1.82, 2.24) is 10.3 Å². The van der Waals surface area contributed by atoms with Crippen molar-refractivity contribution in [3.63, 3.8) is 0 Å². The first-order chi connectivity index (χ1) is 12.5. The van der Waals surface area contributed by atoms with Crippen molar-refractivity contribution in [3.8, 4) is 0 Å². The Hall–Kier alpha value is -1.79. The van der Waals surface area contributed by atoms with Crippen LogP contribution in [-0.4, -0.2) is 49.3 Å². The van der Waals surface area contributed by atoms with Crippen molar-refractivity contribution < 1.29 is 13.5 Å². The highest BCUT2D eigenvalue weighted by atomic mass is 19.3. The first kappa shape index (κ1) is 17.6. The van der Waals surface area contributed by atoms with Crippen LogP contribution in [0.15, 0.2) is 30.3 Å². The summed E-state index contributed by atoms with van der Waals surface area (Å²) in [5, 5.41) is 4.08. The van der Waals surface area contributed by atoms with Crippen LogP contribution < -0.4 is 10.2 Å². The molecule has 2 unspecified atom stereocenters. The Kier molecular flexibility index (Phi) is 4.80. The fourth-order valence-corrected chi connectivity index (χ4v) is 3.97. The number of aryl methyl sites for hydroxylation is 1. The molecule has 0 bridgehead atoms. The Morgan fingerprint density at radius 2 is 2.00 bits per heavy atom. The maximum atomic E-state index is 14.0. The minimum absolute atomic E-state index is 0.0777. The van der Waals surface area contributed by atoms with Gasteiger partial charge in [-0.3, -0.25) is 4.98 Å². The Labute approximate surface area is 152 Å². The largest absolute Gasteiger partial charge is 0.378 e. The number of nitrogens with zero attached hydrogens (tertiary/aromatic N) is 2. The SMILES string of the molecule is CC1CC(F)(F)C(CCc2ccc3ccc(N4CCOCC4)cc3n2)N1. The van der Waals surface area contributed by atoms with E-state index in [0.717, 1.165) is 48.6 Å². The second-order valence-corrected chi connectivity index (χ2v) is 7.40. The molecule has 0 saturated carbocycles. The summed E-state index contributed by atoms with van der Waals surface area (Å²) < 4.78 is 33.4. The number of morpholine rings is 1. The molecule has 4 nitrogen and oxygen atoms in total. The zero-order chi connectivity index (χ0) is 18.1. The molecule has 140 valence electrons. The lowest BCUT2D eigenvalue weighted by Gasteiger charge is -2.29. The fourth-order valence-electron chi connectivity index (χ4n) is 3.97. The van der Waals surface area contributed by atoms with E-state index in [-0.39, 0.29) is 12.5 Å². The summed E-state index contributed by atoms with van der Waals surface area (Å²) in [4.78, 5) is 7.02. The first-order valence-corrected chi connectivity index (χ1v) is 9.37. The lowest BCUT2D eigenvalue weighted by atomic mass is 10.0. The van der Waals surface area contributed by atoms with E-state index in [1.807, 2.05) is 19.1 Å². The van der Waals surface area contributed by atoms with Crippen LogP contribution in [0, 0.1) is 0 Å². The number of anilines is 1. The number of fused-ring (bicyclic) bond motifs is 1. The van der Waals surface area contributed by atoms with Gasteiger partial charge in [0.2, 0.25) is 0 Å². The van der Waals surface area contributed by atoms with E-state index >= 15 is 0 Å². The third kappa shape index (κ3) is 3.67. The number of benzene rings is 1. The van der Waals surface area contributed by atoms with Crippen LogP contribution in [0.25, 0.3) is 10.9 Å². The third-order valence-corrected chi connectivity index (χ3v) is 5.37. The minimum atomic E-state index is -2.63. The number of hydrogen-bond donors (Lipinski definition) is 1. The predicted molar refractivity (Wildman–Crippen MR) is 99.0 cm³/mol. The number of rotatable bonds is 4. The van der Waals surface area contributed by atoms with E-state index in [4.69, 9.17) is 9.72 Å². The van der Waals surface area contributed by atoms with Gasteiger partial charge in [0, 0.05) is 42.3 Å². The topological polar surface area (TPSA) is 37.4 Å². The van der Waals surface area contributed by atoms with Gasteiger partial charge in [-0.2, -0.15) is 0 Å². The van der Waals surface area contributed by atoms with Crippen molar-refractivity contribution in [2.45, 2.75) is 44.2 Å². The van der Waals surface area contributed by atoms with Gasteiger partial charge in [-0.1, -0.05) is 12.1 Å². The molecular formula is C20H25F2N3O. The molecule has 2 aliphatic heterocycles. The van der Waals surface area contributed by atoms with Crippen LogP contribution >= 0.6 is 0 Å². The molecule has 2 saturated heterocycles. The van der Waals surface area contributed by atoms with Gasteiger partial charge in [0.05, 0.1) is 24.8 Å². The number of nitrogens with one attached hydrogen (secondary N) is 1. The zero-order valence-corrected chi connectivity index (χ0v) is 15.0. The summed E-state index contributed by atoms with van der Waals surface area (Å²) >= 11 is 0. The number of pyridine rings is 1. The van der Waals surface area contributed by atoms with Crippen LogP contribution in [0.5, 0.6) is 0 Å². The Bertz CT molecular complexity index is 777. The molecule has 6 heteroatoms. The summed E-state index contributed by atoms with van der Waals surface area (Å²) in [6, 6.07) is 9.38. The molecule has 0 amide bonds. The van der Waals surface area contributed by atoms with E-state index in [1.54, 1.807) is 0 Å². The van der Waals surface area contributed by atoms with Crippen molar-refractivity contribution in [1.29, 1.82) is 0 Å². The zero-order valence-electron chi connectivity index (χ0n) is 15.0. The van der Waals surface area contributed by atoms with Crippen LogP contribution in [0.1, 0.15) is 25.5 Å². The standard InChI is InChI=1S/C20H25F2N3O/c1-14-13-20(21,22)19(23-14)7-5-16-4-2-15-3-6-17(12-18(15)24-16)25-8-10-26-11-9-25/h2-4,6,12,14,19,23H,5,7-11,13H2,1H3. The molecule has 0 spiro atoms. The van der Waals surface area contributed by atoms with E-state index in [0.29, 0.717) is 12.8 Å². The molecule has 2 aromatic rings. The van der Waals surface area contributed by atoms with Crippen LogP contribution in [0.3, 0.4) is 0 Å². The van der Waals surface area contributed by atoms with Crippen molar-refractivity contribution >= 4 is 16.6 Å². The van der Waals surface area contributed by atoms with Crippen molar-refractivity contribution in [2.75, 3.05) is 31.2 Å². The molecule has 0 radical (unpaired) electrons. The van der Waals surface area contributed by atoms with Gasteiger partial charge in [-0.15, -0.1) is 0 Å². The Morgan fingerprint density at radius 1 is 1.23 bits per heavy atom. The molecule has 0 aliphatic carbocycles. The number of alkyl halides is 2. The lowest BCUT2D eigenvalue weighted by Crippen LogP contribution is -2.36. The van der Waals surface area contributed by atoms with Crippen molar-refractivity contribution in [3.05, 3.63) is 36.0 Å². The average Bonchev–Trinajstić information content (AvgIpc) is 2.91. The predicted octanol–water partition coefficient (Wildman–Crippen LogP) is 3.39. The van der Waals surface area contributed by atoms with Crippen LogP contribution in [0.4, 0.5) is 14.5 Å². The molecule has 3 heterocycles. The number of ether oxygens (including phenoxy) is 1. The van der Waals surface area contributed by atoms with Gasteiger partial charge in [0.1, 0.15) is 0 Å². The third-order valence-electron chi connectivity index (χ3n) is 5.37. The maximum absolute atomic E-state index is 14.0. The summed E-state index contributed by atoms with van der Waals surface area (Å²) in [5.74, 6) is -2.63. The highest BCUT2D eigenvalue weighted by Gasteiger charge is 2.46. The van der Waals surface area contributed by atoms with Gasteiger partial charge >= 0.3 is 0 Å². The maximum Gasteiger partial charge on any atom is 0.264 e. The molecule has 1 N–H and O–H groups in total. The summed E-state index contributed by atoms with van der Waals surface area (Å²) in [7, 11) is 0. The quantitative estimate of drug-likeness (QED) is 0.906. The number of hydrogen-bond acceptors (Lipinski definition) is 4.